The molecule has 0 radical (unpaired) electrons. The molecule has 3 atom stereocenters. The zero-order chi connectivity index (χ0) is 24.8. The fraction of sp³-hybridized carbons (Fsp3) is 0.500. The topological polar surface area (TPSA) is 152 Å². The van der Waals surface area contributed by atoms with E-state index in [1.54, 1.807) is 19.1 Å². The molecule has 33 heavy (non-hydrogen) atoms. The van der Waals surface area contributed by atoms with Gasteiger partial charge in [0.25, 0.3) is 0 Å². The van der Waals surface area contributed by atoms with Gasteiger partial charge in [0.2, 0.25) is 17.7 Å². The SMILES string of the molecule is CC[C@H](C)[C@H](NC(=O)[C@@H](C)NC(=O)CNC(=O)CNC(=O)OCc1ccccc1)C(=O)OC. The van der Waals surface area contributed by atoms with Crippen LogP contribution in [0.15, 0.2) is 30.3 Å². The fourth-order valence-electron chi connectivity index (χ4n) is 2.60. The second-order valence-electron chi connectivity index (χ2n) is 7.38. The van der Waals surface area contributed by atoms with E-state index in [0.29, 0.717) is 6.42 Å². The lowest BCUT2D eigenvalue weighted by molar-refractivity contribution is -0.146. The van der Waals surface area contributed by atoms with E-state index in [1.807, 2.05) is 25.1 Å². The van der Waals surface area contributed by atoms with E-state index >= 15 is 0 Å². The van der Waals surface area contributed by atoms with Gasteiger partial charge in [-0.05, 0) is 18.4 Å². The third kappa shape index (κ3) is 10.5. The molecule has 4 amide bonds. The highest BCUT2D eigenvalue weighted by Gasteiger charge is 2.28. The molecule has 0 fully saturated rings. The van der Waals surface area contributed by atoms with Crippen LogP contribution in [0.1, 0.15) is 32.8 Å². The van der Waals surface area contributed by atoms with Crippen molar-refractivity contribution >= 4 is 29.8 Å². The molecule has 0 bridgehead atoms. The summed E-state index contributed by atoms with van der Waals surface area (Å²) in [6.07, 6.45) is -0.133. The highest BCUT2D eigenvalue weighted by atomic mass is 16.5. The molecule has 1 aromatic rings. The predicted octanol–water partition coefficient (Wildman–Crippen LogP) is 0.238. The Kier molecular flexibility index (Phi) is 12.0. The number of methoxy groups -OCH3 is 1. The van der Waals surface area contributed by atoms with Crippen molar-refractivity contribution in [3.05, 3.63) is 35.9 Å². The van der Waals surface area contributed by atoms with Gasteiger partial charge < -0.3 is 30.7 Å². The smallest absolute Gasteiger partial charge is 0.407 e. The summed E-state index contributed by atoms with van der Waals surface area (Å²) < 4.78 is 9.69. The van der Waals surface area contributed by atoms with Crippen molar-refractivity contribution in [3.63, 3.8) is 0 Å². The lowest BCUT2D eigenvalue weighted by Crippen LogP contribution is -2.53. The number of alkyl carbamates (subject to hydrolysis) is 1. The van der Waals surface area contributed by atoms with Crippen LogP contribution < -0.4 is 21.3 Å². The van der Waals surface area contributed by atoms with E-state index in [9.17, 15) is 24.0 Å². The van der Waals surface area contributed by atoms with E-state index in [1.165, 1.54) is 14.0 Å². The van der Waals surface area contributed by atoms with Crippen LogP contribution in [-0.2, 0) is 35.3 Å². The fourth-order valence-corrected chi connectivity index (χ4v) is 2.60. The van der Waals surface area contributed by atoms with Gasteiger partial charge >= 0.3 is 12.1 Å². The Morgan fingerprint density at radius 2 is 1.55 bits per heavy atom. The number of esters is 1. The van der Waals surface area contributed by atoms with Gasteiger partial charge in [-0.25, -0.2) is 9.59 Å². The lowest BCUT2D eigenvalue weighted by atomic mass is 9.99. The highest BCUT2D eigenvalue weighted by Crippen LogP contribution is 2.09. The van der Waals surface area contributed by atoms with Gasteiger partial charge in [0.15, 0.2) is 0 Å². The molecule has 0 saturated carbocycles. The molecular weight excluding hydrogens is 432 g/mol. The number of hydrogen-bond donors (Lipinski definition) is 4. The summed E-state index contributed by atoms with van der Waals surface area (Å²) in [4.78, 5) is 59.7. The van der Waals surface area contributed by atoms with Gasteiger partial charge in [-0.15, -0.1) is 0 Å². The minimum Gasteiger partial charge on any atom is -0.467 e. The molecule has 0 aliphatic heterocycles. The first-order valence-corrected chi connectivity index (χ1v) is 10.6. The molecule has 182 valence electrons. The van der Waals surface area contributed by atoms with Gasteiger partial charge in [0, 0.05) is 0 Å². The van der Waals surface area contributed by atoms with Crippen molar-refractivity contribution in [2.45, 2.75) is 45.9 Å². The molecule has 1 aromatic carbocycles. The van der Waals surface area contributed by atoms with Gasteiger partial charge in [-0.3, -0.25) is 14.4 Å². The summed E-state index contributed by atoms with van der Waals surface area (Å²) >= 11 is 0. The Morgan fingerprint density at radius 3 is 2.15 bits per heavy atom. The molecule has 4 N–H and O–H groups in total. The molecule has 1 rings (SSSR count). The summed E-state index contributed by atoms with van der Waals surface area (Å²) in [6.45, 7) is 4.40. The van der Waals surface area contributed by atoms with Crippen LogP contribution in [0.4, 0.5) is 4.79 Å². The van der Waals surface area contributed by atoms with E-state index in [-0.39, 0.29) is 19.1 Å². The molecule has 0 aliphatic rings. The predicted molar refractivity (Wildman–Crippen MR) is 119 cm³/mol. The minimum absolute atomic E-state index is 0.0600. The summed E-state index contributed by atoms with van der Waals surface area (Å²) in [6, 6.07) is 7.25. The van der Waals surface area contributed by atoms with Crippen LogP contribution in [-0.4, -0.2) is 62.1 Å². The zero-order valence-corrected chi connectivity index (χ0v) is 19.3. The summed E-state index contributed by atoms with van der Waals surface area (Å²) in [7, 11) is 1.23. The Bertz CT molecular complexity index is 816. The number of rotatable bonds is 12. The van der Waals surface area contributed by atoms with Crippen molar-refractivity contribution in [2.75, 3.05) is 20.2 Å². The summed E-state index contributed by atoms with van der Waals surface area (Å²) in [5, 5.41) is 9.60. The van der Waals surface area contributed by atoms with Gasteiger partial charge in [-0.1, -0.05) is 50.6 Å². The first-order valence-electron chi connectivity index (χ1n) is 10.6. The quantitative estimate of drug-likeness (QED) is 0.323. The Hall–Kier alpha value is -3.63. The molecule has 0 saturated heterocycles. The van der Waals surface area contributed by atoms with Gasteiger partial charge in [-0.2, -0.15) is 0 Å². The van der Waals surface area contributed by atoms with Crippen LogP contribution in [0.2, 0.25) is 0 Å². The molecule has 0 unspecified atom stereocenters. The van der Waals surface area contributed by atoms with E-state index in [2.05, 4.69) is 21.3 Å². The number of carbonyl (C=O) groups is 5. The number of benzene rings is 1. The monoisotopic (exact) mass is 464 g/mol. The number of ether oxygens (including phenoxy) is 2. The number of hydrogen-bond acceptors (Lipinski definition) is 7. The molecule has 0 heterocycles. The number of carbonyl (C=O) groups excluding carboxylic acids is 5. The standard InChI is InChI=1S/C22H32N4O7/c1-5-14(2)19(21(30)32-4)26-20(29)15(3)25-18(28)12-23-17(27)11-24-22(31)33-13-16-9-7-6-8-10-16/h6-10,14-15,19H,5,11-13H2,1-4H3,(H,23,27)(H,24,31)(H,25,28)(H,26,29)/t14-,15+,19-/m0/s1. The Labute approximate surface area is 193 Å². The van der Waals surface area contributed by atoms with Crippen LogP contribution in [0.25, 0.3) is 0 Å². The van der Waals surface area contributed by atoms with Crippen molar-refractivity contribution in [3.8, 4) is 0 Å². The number of nitrogens with one attached hydrogen (secondary N) is 4. The normalized spacial score (nSPS) is 13.0. The largest absolute Gasteiger partial charge is 0.467 e. The number of amides is 4. The van der Waals surface area contributed by atoms with E-state index in [0.717, 1.165) is 5.56 Å². The van der Waals surface area contributed by atoms with Gasteiger partial charge in [0.05, 0.1) is 13.7 Å². The van der Waals surface area contributed by atoms with Crippen molar-refractivity contribution in [2.24, 2.45) is 5.92 Å². The first kappa shape index (κ1) is 27.4. The molecule has 0 spiro atoms. The van der Waals surface area contributed by atoms with Crippen molar-refractivity contribution in [1.29, 1.82) is 0 Å². The van der Waals surface area contributed by atoms with E-state index in [4.69, 9.17) is 9.47 Å². The second kappa shape index (κ2) is 14.4. The van der Waals surface area contributed by atoms with Crippen LogP contribution >= 0.6 is 0 Å². The third-order valence-electron chi connectivity index (χ3n) is 4.79. The minimum atomic E-state index is -0.947. The average molecular weight is 465 g/mol. The Morgan fingerprint density at radius 1 is 0.909 bits per heavy atom. The maximum absolute atomic E-state index is 12.3. The molecule has 11 heteroatoms. The molecular formula is C22H32N4O7. The second-order valence-corrected chi connectivity index (χ2v) is 7.38. The van der Waals surface area contributed by atoms with Crippen LogP contribution in [0.3, 0.4) is 0 Å². The van der Waals surface area contributed by atoms with Crippen molar-refractivity contribution in [1.82, 2.24) is 21.3 Å². The average Bonchev–Trinajstić information content (AvgIpc) is 2.82. The molecule has 11 nitrogen and oxygen atoms in total. The lowest BCUT2D eigenvalue weighted by Gasteiger charge is -2.24. The zero-order valence-electron chi connectivity index (χ0n) is 19.3. The maximum Gasteiger partial charge on any atom is 0.407 e. The summed E-state index contributed by atoms with van der Waals surface area (Å²) in [5.74, 6) is -2.51. The molecule has 0 aromatic heterocycles. The van der Waals surface area contributed by atoms with Crippen molar-refractivity contribution < 1.29 is 33.4 Å². The third-order valence-corrected chi connectivity index (χ3v) is 4.79. The van der Waals surface area contributed by atoms with Crippen LogP contribution in [0.5, 0.6) is 0 Å². The maximum atomic E-state index is 12.3. The summed E-state index contributed by atoms with van der Waals surface area (Å²) in [5.41, 5.74) is 0.800. The molecule has 0 aliphatic carbocycles. The van der Waals surface area contributed by atoms with Gasteiger partial charge in [0.1, 0.15) is 25.2 Å². The first-order chi connectivity index (χ1) is 15.7. The van der Waals surface area contributed by atoms with E-state index < -0.39 is 48.4 Å². The Balaban J connectivity index is 2.33. The van der Waals surface area contributed by atoms with Crippen LogP contribution in [0, 0.1) is 5.92 Å². The highest BCUT2D eigenvalue weighted by molar-refractivity contribution is 5.92.